The van der Waals surface area contributed by atoms with Gasteiger partial charge in [0.1, 0.15) is 34.1 Å². The van der Waals surface area contributed by atoms with Crippen molar-refractivity contribution >= 4 is 28.9 Å². The Kier molecular flexibility index (Phi) is 7.20. The number of aryl methyl sites for hydroxylation is 1. The third-order valence-electron chi connectivity index (χ3n) is 6.30. The second-order valence-corrected chi connectivity index (χ2v) is 10.6. The van der Waals surface area contributed by atoms with Crippen LogP contribution in [0.5, 0.6) is 0 Å². The first kappa shape index (κ1) is 24.9. The van der Waals surface area contributed by atoms with Crippen LogP contribution in [0.4, 0.5) is 11.6 Å². The number of thiophene rings is 1. The Bertz CT molecular complexity index is 1390. The Labute approximate surface area is 219 Å². The van der Waals surface area contributed by atoms with Crippen LogP contribution in [0.1, 0.15) is 59.4 Å². The maximum absolute atomic E-state index is 12.6. The molecule has 0 saturated heterocycles. The molecule has 4 heterocycles. The molecular formula is C27H29N7O2S. The minimum atomic E-state index is -0.277. The van der Waals surface area contributed by atoms with Crippen LogP contribution in [0.15, 0.2) is 54.2 Å². The minimum absolute atomic E-state index is 0.0650. The Morgan fingerprint density at radius 3 is 2.65 bits per heavy atom. The number of hydrogen-bond acceptors (Lipinski definition) is 10. The lowest BCUT2D eigenvalue weighted by atomic mass is 9.83. The van der Waals surface area contributed by atoms with Gasteiger partial charge in [-0.1, -0.05) is 6.07 Å². The second-order valence-electron chi connectivity index (χ2n) is 9.67. The topological polar surface area (TPSA) is 129 Å². The SMILES string of the molecule is Cc1cccc(-c2nccc(Nc3ccnc(Cc4csc(C(=O)OC5CCC(C)(N)CC5)c4)n3)n2)n1. The van der Waals surface area contributed by atoms with Crippen molar-refractivity contribution in [2.24, 2.45) is 5.73 Å². The number of nitrogens with one attached hydrogen (secondary N) is 1. The summed E-state index contributed by atoms with van der Waals surface area (Å²) < 4.78 is 5.73. The van der Waals surface area contributed by atoms with Gasteiger partial charge in [-0.2, -0.15) is 0 Å². The van der Waals surface area contributed by atoms with Crippen LogP contribution in [-0.2, 0) is 11.2 Å². The van der Waals surface area contributed by atoms with E-state index in [1.54, 1.807) is 24.5 Å². The summed E-state index contributed by atoms with van der Waals surface area (Å²) in [5.41, 5.74) is 8.60. The van der Waals surface area contributed by atoms with Gasteiger partial charge in [-0.25, -0.2) is 29.7 Å². The molecule has 0 aromatic carbocycles. The van der Waals surface area contributed by atoms with E-state index in [1.165, 1.54) is 11.3 Å². The molecular weight excluding hydrogens is 486 g/mol. The van der Waals surface area contributed by atoms with E-state index in [9.17, 15) is 4.79 Å². The molecule has 0 radical (unpaired) electrons. The summed E-state index contributed by atoms with van der Waals surface area (Å²) in [7, 11) is 0. The van der Waals surface area contributed by atoms with Crippen LogP contribution in [0.25, 0.3) is 11.5 Å². The van der Waals surface area contributed by atoms with E-state index in [1.807, 2.05) is 36.6 Å². The molecule has 0 aliphatic heterocycles. The molecule has 1 aliphatic carbocycles. The van der Waals surface area contributed by atoms with Crippen LogP contribution < -0.4 is 11.1 Å². The molecule has 4 aromatic heterocycles. The molecule has 0 bridgehead atoms. The number of esters is 1. The lowest BCUT2D eigenvalue weighted by Gasteiger charge is -2.33. The summed E-state index contributed by atoms with van der Waals surface area (Å²) in [6.45, 7) is 3.98. The molecule has 37 heavy (non-hydrogen) atoms. The standard InChI is InChI=1S/C27H29N7O2S/c1-17-4-3-5-20(31-17)25-30-13-9-23(34-25)32-22-8-12-29-24(33-22)15-18-14-21(37-16-18)26(35)36-19-6-10-27(2,28)11-7-19/h3-5,8-9,12-14,16,19H,6-7,10-11,15,28H2,1-2H3,(H,29,30,32,33,34). The predicted molar refractivity (Wildman–Crippen MR) is 143 cm³/mol. The molecule has 1 fully saturated rings. The molecule has 5 rings (SSSR count). The highest BCUT2D eigenvalue weighted by Gasteiger charge is 2.29. The highest BCUT2D eigenvalue weighted by atomic mass is 32.1. The van der Waals surface area contributed by atoms with E-state index >= 15 is 0 Å². The molecule has 10 heteroatoms. The van der Waals surface area contributed by atoms with Crippen molar-refractivity contribution in [1.29, 1.82) is 0 Å². The zero-order valence-electron chi connectivity index (χ0n) is 20.8. The number of ether oxygens (including phenoxy) is 1. The summed E-state index contributed by atoms with van der Waals surface area (Å²) in [6.07, 6.45) is 7.15. The van der Waals surface area contributed by atoms with Crippen molar-refractivity contribution < 1.29 is 9.53 Å². The second kappa shape index (κ2) is 10.7. The first-order chi connectivity index (χ1) is 17.8. The highest BCUT2D eigenvalue weighted by Crippen LogP contribution is 2.29. The monoisotopic (exact) mass is 515 g/mol. The van der Waals surface area contributed by atoms with Crippen LogP contribution in [0, 0.1) is 6.92 Å². The molecule has 1 saturated carbocycles. The number of anilines is 2. The van der Waals surface area contributed by atoms with Gasteiger partial charge in [0, 0.05) is 30.0 Å². The lowest BCUT2D eigenvalue weighted by molar-refractivity contribution is 0.0158. The van der Waals surface area contributed by atoms with Crippen LogP contribution in [-0.4, -0.2) is 42.5 Å². The van der Waals surface area contributed by atoms with Gasteiger partial charge >= 0.3 is 5.97 Å². The number of carbonyl (C=O) groups is 1. The zero-order valence-corrected chi connectivity index (χ0v) is 21.7. The van der Waals surface area contributed by atoms with Gasteiger partial charge in [-0.3, -0.25) is 0 Å². The van der Waals surface area contributed by atoms with E-state index in [0.29, 0.717) is 40.3 Å². The molecule has 0 atom stereocenters. The molecule has 4 aromatic rings. The average Bonchev–Trinajstić information content (AvgIpc) is 3.34. The highest BCUT2D eigenvalue weighted by molar-refractivity contribution is 7.12. The molecule has 0 spiro atoms. The number of nitrogens with two attached hydrogens (primary N) is 1. The Morgan fingerprint density at radius 2 is 1.86 bits per heavy atom. The first-order valence-corrected chi connectivity index (χ1v) is 13.1. The first-order valence-electron chi connectivity index (χ1n) is 12.3. The van der Waals surface area contributed by atoms with Crippen molar-refractivity contribution in [2.75, 3.05) is 5.32 Å². The van der Waals surface area contributed by atoms with E-state index < -0.39 is 0 Å². The number of pyridine rings is 1. The van der Waals surface area contributed by atoms with Crippen molar-refractivity contribution in [3.8, 4) is 11.5 Å². The van der Waals surface area contributed by atoms with Crippen molar-refractivity contribution in [3.63, 3.8) is 0 Å². The summed E-state index contributed by atoms with van der Waals surface area (Å²) in [6, 6.07) is 11.2. The van der Waals surface area contributed by atoms with Gasteiger partial charge in [-0.15, -0.1) is 11.3 Å². The predicted octanol–water partition coefficient (Wildman–Crippen LogP) is 4.85. The van der Waals surface area contributed by atoms with Gasteiger partial charge in [0.2, 0.25) is 0 Å². The van der Waals surface area contributed by atoms with Crippen LogP contribution >= 0.6 is 11.3 Å². The summed E-state index contributed by atoms with van der Waals surface area (Å²) in [5, 5.41) is 5.17. The molecule has 0 amide bonds. The maximum Gasteiger partial charge on any atom is 0.348 e. The maximum atomic E-state index is 12.6. The molecule has 9 nitrogen and oxygen atoms in total. The Morgan fingerprint density at radius 1 is 1.11 bits per heavy atom. The third kappa shape index (κ3) is 6.52. The van der Waals surface area contributed by atoms with Crippen molar-refractivity contribution in [2.45, 2.75) is 57.6 Å². The molecule has 0 unspecified atom stereocenters. The average molecular weight is 516 g/mol. The smallest absolute Gasteiger partial charge is 0.348 e. The fraction of sp³-hybridized carbons (Fsp3) is 0.333. The van der Waals surface area contributed by atoms with Crippen LogP contribution in [0.2, 0.25) is 0 Å². The zero-order chi connectivity index (χ0) is 25.8. The fourth-order valence-electron chi connectivity index (χ4n) is 4.24. The molecule has 1 aliphatic rings. The quantitative estimate of drug-likeness (QED) is 0.332. The van der Waals surface area contributed by atoms with Gasteiger partial charge < -0.3 is 15.8 Å². The van der Waals surface area contributed by atoms with Gasteiger partial charge in [0.15, 0.2) is 5.82 Å². The van der Waals surface area contributed by atoms with Crippen molar-refractivity contribution in [3.05, 3.63) is 76.1 Å². The Hall–Kier alpha value is -3.76. The third-order valence-corrected chi connectivity index (χ3v) is 7.26. The van der Waals surface area contributed by atoms with Crippen molar-refractivity contribution in [1.82, 2.24) is 24.9 Å². The number of aromatic nitrogens is 5. The van der Waals surface area contributed by atoms with Crippen LogP contribution in [0.3, 0.4) is 0 Å². The largest absolute Gasteiger partial charge is 0.458 e. The number of nitrogens with zero attached hydrogens (tertiary/aromatic N) is 5. The fourth-order valence-corrected chi connectivity index (χ4v) is 5.03. The minimum Gasteiger partial charge on any atom is -0.458 e. The normalized spacial score (nSPS) is 19.4. The van der Waals surface area contributed by atoms with Gasteiger partial charge in [0.25, 0.3) is 0 Å². The Balaban J connectivity index is 1.21. The summed E-state index contributed by atoms with van der Waals surface area (Å²) >= 11 is 1.38. The number of carbonyl (C=O) groups excluding carboxylic acids is 1. The van der Waals surface area contributed by atoms with Gasteiger partial charge in [0.05, 0.1) is 0 Å². The van der Waals surface area contributed by atoms with E-state index in [0.717, 1.165) is 36.9 Å². The number of hydrogen-bond donors (Lipinski definition) is 2. The number of rotatable bonds is 7. The van der Waals surface area contributed by atoms with Gasteiger partial charge in [-0.05, 0) is 80.8 Å². The van der Waals surface area contributed by atoms with E-state index in [2.05, 4.69) is 37.2 Å². The summed E-state index contributed by atoms with van der Waals surface area (Å²) in [5.74, 6) is 2.11. The molecule has 190 valence electrons. The van der Waals surface area contributed by atoms with E-state index in [-0.39, 0.29) is 17.6 Å². The lowest BCUT2D eigenvalue weighted by Crippen LogP contribution is -2.42. The summed E-state index contributed by atoms with van der Waals surface area (Å²) in [4.78, 5) is 35.6. The van der Waals surface area contributed by atoms with E-state index in [4.69, 9.17) is 10.5 Å². The molecule has 3 N–H and O–H groups in total.